The van der Waals surface area contributed by atoms with E-state index in [-0.39, 0.29) is 5.56 Å². The summed E-state index contributed by atoms with van der Waals surface area (Å²) in [4.78, 5) is 15.9. The molecule has 3 aromatic carbocycles. The van der Waals surface area contributed by atoms with Crippen LogP contribution in [0.25, 0.3) is 22.4 Å². The minimum atomic E-state index is -0.940. The number of imidazole rings is 1. The summed E-state index contributed by atoms with van der Waals surface area (Å²) >= 11 is 5.90. The Kier molecular flexibility index (Phi) is 5.49. The Morgan fingerprint density at radius 3 is 2.45 bits per heavy atom. The van der Waals surface area contributed by atoms with Crippen molar-refractivity contribution >= 4 is 28.6 Å². The number of benzene rings is 3. The minimum absolute atomic E-state index is 0.257. The van der Waals surface area contributed by atoms with Crippen molar-refractivity contribution in [3.8, 4) is 17.1 Å². The van der Waals surface area contributed by atoms with Gasteiger partial charge in [0.2, 0.25) is 0 Å². The fraction of sp³-hybridized carbons (Fsp3) is 0.130. The van der Waals surface area contributed by atoms with Gasteiger partial charge in [0, 0.05) is 17.1 Å². The summed E-state index contributed by atoms with van der Waals surface area (Å²) in [7, 11) is 0. The normalized spacial score (nSPS) is 10.9. The monoisotopic (exact) mass is 406 g/mol. The van der Waals surface area contributed by atoms with Gasteiger partial charge in [-0.15, -0.1) is 0 Å². The third kappa shape index (κ3) is 4.25. The van der Waals surface area contributed by atoms with Crippen molar-refractivity contribution < 1.29 is 14.6 Å². The maximum absolute atomic E-state index is 11.1. The van der Waals surface area contributed by atoms with Crippen LogP contribution in [0.2, 0.25) is 5.02 Å². The first-order chi connectivity index (χ1) is 14.1. The molecule has 0 spiro atoms. The number of aromatic carboxylic acids is 1. The summed E-state index contributed by atoms with van der Waals surface area (Å²) in [6, 6.07) is 22.1. The third-order valence-corrected chi connectivity index (χ3v) is 4.91. The lowest BCUT2D eigenvalue weighted by Crippen LogP contribution is -2.06. The highest BCUT2D eigenvalue weighted by Crippen LogP contribution is 2.26. The van der Waals surface area contributed by atoms with Gasteiger partial charge in [0.1, 0.15) is 11.6 Å². The maximum Gasteiger partial charge on any atom is 0.335 e. The molecule has 5 nitrogen and oxygen atoms in total. The van der Waals surface area contributed by atoms with Crippen LogP contribution in [0.5, 0.6) is 5.75 Å². The predicted octanol–water partition coefficient (Wildman–Crippen LogP) is 5.52. The van der Waals surface area contributed by atoms with E-state index < -0.39 is 5.97 Å². The average molecular weight is 407 g/mol. The number of aromatic nitrogens is 2. The molecular formula is C23H19ClN2O3. The molecule has 0 saturated carbocycles. The van der Waals surface area contributed by atoms with Crippen LogP contribution in [0.1, 0.15) is 16.8 Å². The number of para-hydroxylation sites is 2. The van der Waals surface area contributed by atoms with Crippen molar-refractivity contribution in [3.05, 3.63) is 83.4 Å². The van der Waals surface area contributed by atoms with Crippen LogP contribution in [0.15, 0.2) is 72.8 Å². The molecule has 1 aromatic heterocycles. The van der Waals surface area contributed by atoms with Gasteiger partial charge in [0.25, 0.3) is 0 Å². The van der Waals surface area contributed by atoms with Crippen LogP contribution in [0.4, 0.5) is 0 Å². The molecule has 4 aromatic rings. The van der Waals surface area contributed by atoms with Gasteiger partial charge >= 0.3 is 5.97 Å². The maximum atomic E-state index is 11.1. The molecule has 146 valence electrons. The van der Waals surface area contributed by atoms with Crippen LogP contribution in [0, 0.1) is 0 Å². The SMILES string of the molecule is O=C(O)c1ccc(-c2nc3ccccc3n2CCCOc2ccc(Cl)cc2)cc1. The molecule has 0 aliphatic rings. The topological polar surface area (TPSA) is 64.3 Å². The number of carboxylic acid groups (broad SMARTS) is 1. The van der Waals surface area contributed by atoms with E-state index in [4.69, 9.17) is 26.4 Å². The molecule has 0 fully saturated rings. The fourth-order valence-electron chi connectivity index (χ4n) is 3.23. The van der Waals surface area contributed by atoms with Crippen molar-refractivity contribution in [2.24, 2.45) is 0 Å². The summed E-state index contributed by atoms with van der Waals surface area (Å²) in [6.45, 7) is 1.29. The van der Waals surface area contributed by atoms with Crippen LogP contribution in [0.3, 0.4) is 0 Å². The third-order valence-electron chi connectivity index (χ3n) is 4.65. The standard InChI is InChI=1S/C23H19ClN2O3/c24-18-10-12-19(13-11-18)29-15-3-14-26-21-5-2-1-4-20(21)25-22(26)16-6-8-17(9-7-16)23(27)28/h1-2,4-13H,3,14-15H2,(H,27,28). The van der Waals surface area contributed by atoms with E-state index in [0.29, 0.717) is 11.6 Å². The van der Waals surface area contributed by atoms with Crippen molar-refractivity contribution in [2.45, 2.75) is 13.0 Å². The van der Waals surface area contributed by atoms with Crippen LogP contribution < -0.4 is 4.74 Å². The molecule has 1 heterocycles. The number of halogens is 1. The largest absolute Gasteiger partial charge is 0.494 e. The first-order valence-electron chi connectivity index (χ1n) is 9.29. The number of ether oxygens (including phenoxy) is 1. The van der Waals surface area contributed by atoms with Crippen molar-refractivity contribution in [2.75, 3.05) is 6.61 Å². The molecule has 29 heavy (non-hydrogen) atoms. The van der Waals surface area contributed by atoms with Crippen molar-refractivity contribution in [1.29, 1.82) is 0 Å². The summed E-state index contributed by atoms with van der Waals surface area (Å²) in [5.74, 6) is 0.661. The Bertz CT molecular complexity index is 1140. The van der Waals surface area contributed by atoms with E-state index >= 15 is 0 Å². The number of nitrogens with zero attached hydrogens (tertiary/aromatic N) is 2. The van der Waals surface area contributed by atoms with Gasteiger partial charge in [-0.3, -0.25) is 0 Å². The lowest BCUT2D eigenvalue weighted by Gasteiger charge is -2.11. The zero-order chi connectivity index (χ0) is 20.2. The highest BCUT2D eigenvalue weighted by atomic mass is 35.5. The number of aryl methyl sites for hydroxylation is 1. The molecule has 0 radical (unpaired) electrons. The van der Waals surface area contributed by atoms with E-state index in [9.17, 15) is 4.79 Å². The Labute approximate surface area is 173 Å². The van der Waals surface area contributed by atoms with Gasteiger partial charge in [-0.25, -0.2) is 9.78 Å². The molecule has 1 N–H and O–H groups in total. The molecule has 0 aliphatic carbocycles. The van der Waals surface area contributed by atoms with Gasteiger partial charge in [0.15, 0.2) is 0 Å². The first-order valence-corrected chi connectivity index (χ1v) is 9.67. The lowest BCUT2D eigenvalue weighted by atomic mass is 10.1. The zero-order valence-electron chi connectivity index (χ0n) is 15.6. The molecular weight excluding hydrogens is 388 g/mol. The van der Waals surface area contributed by atoms with E-state index in [1.807, 2.05) is 36.4 Å². The molecule has 0 saturated heterocycles. The molecule has 0 atom stereocenters. The van der Waals surface area contributed by atoms with Gasteiger partial charge in [0.05, 0.1) is 23.2 Å². The van der Waals surface area contributed by atoms with Crippen molar-refractivity contribution in [1.82, 2.24) is 9.55 Å². The molecule has 0 aliphatic heterocycles. The molecule has 0 bridgehead atoms. The number of carbonyl (C=O) groups is 1. The molecule has 0 unspecified atom stereocenters. The Balaban J connectivity index is 1.55. The summed E-state index contributed by atoms with van der Waals surface area (Å²) in [6.07, 6.45) is 0.795. The molecule has 0 amide bonds. The summed E-state index contributed by atoms with van der Waals surface area (Å²) < 4.78 is 7.95. The first kappa shape index (κ1) is 19.0. The predicted molar refractivity (Wildman–Crippen MR) is 114 cm³/mol. The Morgan fingerprint density at radius 2 is 1.72 bits per heavy atom. The molecule has 4 rings (SSSR count). The highest BCUT2D eigenvalue weighted by Gasteiger charge is 2.13. The van der Waals surface area contributed by atoms with Gasteiger partial charge < -0.3 is 14.4 Å². The van der Waals surface area contributed by atoms with Crippen molar-refractivity contribution in [3.63, 3.8) is 0 Å². The number of hydrogen-bond donors (Lipinski definition) is 1. The zero-order valence-corrected chi connectivity index (χ0v) is 16.3. The van der Waals surface area contributed by atoms with E-state index in [1.165, 1.54) is 0 Å². The second-order valence-electron chi connectivity index (χ2n) is 6.61. The van der Waals surface area contributed by atoms with Crippen LogP contribution in [-0.2, 0) is 6.54 Å². The van der Waals surface area contributed by atoms with Gasteiger partial charge in [-0.05, 0) is 55.0 Å². The number of fused-ring (bicyclic) bond motifs is 1. The van der Waals surface area contributed by atoms with E-state index in [1.54, 1.807) is 36.4 Å². The van der Waals surface area contributed by atoms with Crippen LogP contribution >= 0.6 is 11.6 Å². The second-order valence-corrected chi connectivity index (χ2v) is 7.05. The van der Waals surface area contributed by atoms with E-state index in [2.05, 4.69) is 4.57 Å². The Hall–Kier alpha value is -3.31. The molecule has 6 heteroatoms. The van der Waals surface area contributed by atoms with Crippen LogP contribution in [-0.4, -0.2) is 27.2 Å². The smallest absolute Gasteiger partial charge is 0.335 e. The average Bonchev–Trinajstić information content (AvgIpc) is 3.11. The second kappa shape index (κ2) is 8.37. The summed E-state index contributed by atoms with van der Waals surface area (Å²) in [5, 5.41) is 9.81. The fourth-order valence-corrected chi connectivity index (χ4v) is 3.35. The van der Waals surface area contributed by atoms with Gasteiger partial charge in [-0.2, -0.15) is 0 Å². The number of carboxylic acids is 1. The van der Waals surface area contributed by atoms with E-state index in [0.717, 1.165) is 41.1 Å². The minimum Gasteiger partial charge on any atom is -0.494 e. The quantitative estimate of drug-likeness (QED) is 0.410. The highest BCUT2D eigenvalue weighted by molar-refractivity contribution is 6.30. The summed E-state index contributed by atoms with van der Waals surface area (Å²) in [5.41, 5.74) is 3.08. The lowest BCUT2D eigenvalue weighted by molar-refractivity contribution is 0.0697. The van der Waals surface area contributed by atoms with Gasteiger partial charge in [-0.1, -0.05) is 35.9 Å². The number of rotatable bonds is 7. The number of hydrogen-bond acceptors (Lipinski definition) is 3. The Morgan fingerprint density at radius 1 is 1.00 bits per heavy atom.